The molecule has 1 aliphatic heterocycles. The SMILES string of the molecule is CCn1ccnc(OCC2CCCNC2)c1=O. The van der Waals surface area contributed by atoms with E-state index in [0.29, 0.717) is 19.1 Å². The van der Waals surface area contributed by atoms with Crippen LogP contribution in [0.2, 0.25) is 0 Å². The first kappa shape index (κ1) is 12.1. The van der Waals surface area contributed by atoms with Crippen LogP contribution in [0.15, 0.2) is 17.2 Å². The topological polar surface area (TPSA) is 56.1 Å². The molecule has 1 aromatic heterocycles. The van der Waals surface area contributed by atoms with Gasteiger partial charge in [0.05, 0.1) is 6.61 Å². The summed E-state index contributed by atoms with van der Waals surface area (Å²) in [6.07, 6.45) is 5.62. The zero-order valence-electron chi connectivity index (χ0n) is 10.2. The highest BCUT2D eigenvalue weighted by atomic mass is 16.5. The van der Waals surface area contributed by atoms with Crippen molar-refractivity contribution in [3.05, 3.63) is 22.7 Å². The zero-order valence-corrected chi connectivity index (χ0v) is 10.2. The van der Waals surface area contributed by atoms with E-state index in [9.17, 15) is 4.79 Å². The number of aromatic nitrogens is 2. The molecule has 1 fully saturated rings. The summed E-state index contributed by atoms with van der Waals surface area (Å²) in [4.78, 5) is 15.8. The molecular weight excluding hydrogens is 218 g/mol. The van der Waals surface area contributed by atoms with E-state index in [0.717, 1.165) is 19.5 Å². The van der Waals surface area contributed by atoms with Crippen LogP contribution in [0.3, 0.4) is 0 Å². The largest absolute Gasteiger partial charge is 0.473 e. The molecule has 0 amide bonds. The second-order valence-corrected chi connectivity index (χ2v) is 4.35. The van der Waals surface area contributed by atoms with Gasteiger partial charge in [-0.15, -0.1) is 0 Å². The number of nitrogens with one attached hydrogen (secondary N) is 1. The van der Waals surface area contributed by atoms with Gasteiger partial charge in [-0.25, -0.2) is 4.98 Å². The summed E-state index contributed by atoms with van der Waals surface area (Å²) < 4.78 is 7.13. The van der Waals surface area contributed by atoms with Crippen molar-refractivity contribution in [3.8, 4) is 5.88 Å². The maximum absolute atomic E-state index is 11.8. The van der Waals surface area contributed by atoms with Crippen LogP contribution in [0.5, 0.6) is 5.88 Å². The summed E-state index contributed by atoms with van der Waals surface area (Å²) in [5, 5.41) is 3.32. The Balaban J connectivity index is 1.96. The molecule has 2 heterocycles. The Morgan fingerprint density at radius 2 is 2.53 bits per heavy atom. The fourth-order valence-corrected chi connectivity index (χ4v) is 2.04. The Labute approximate surface area is 101 Å². The molecule has 1 aliphatic rings. The third kappa shape index (κ3) is 3.06. The van der Waals surface area contributed by atoms with Crippen molar-refractivity contribution in [1.82, 2.24) is 14.9 Å². The molecule has 0 aromatic carbocycles. The summed E-state index contributed by atoms with van der Waals surface area (Å²) in [6.45, 7) is 5.19. The first-order chi connectivity index (χ1) is 8.31. The van der Waals surface area contributed by atoms with Gasteiger partial charge < -0.3 is 14.6 Å². The number of nitrogens with zero attached hydrogens (tertiary/aromatic N) is 2. The normalized spacial score (nSPS) is 20.2. The second-order valence-electron chi connectivity index (χ2n) is 4.35. The van der Waals surface area contributed by atoms with Crippen molar-refractivity contribution in [2.75, 3.05) is 19.7 Å². The minimum Gasteiger partial charge on any atom is -0.473 e. The molecule has 1 N–H and O–H groups in total. The molecule has 1 atom stereocenters. The maximum atomic E-state index is 11.8. The van der Waals surface area contributed by atoms with E-state index < -0.39 is 0 Å². The Hall–Kier alpha value is -1.36. The average molecular weight is 237 g/mol. The van der Waals surface area contributed by atoms with Crippen LogP contribution in [0.25, 0.3) is 0 Å². The number of ether oxygens (including phenoxy) is 1. The smallest absolute Gasteiger partial charge is 0.313 e. The van der Waals surface area contributed by atoms with Gasteiger partial charge in [0.15, 0.2) is 0 Å². The highest BCUT2D eigenvalue weighted by Crippen LogP contribution is 2.10. The first-order valence-corrected chi connectivity index (χ1v) is 6.20. The van der Waals surface area contributed by atoms with E-state index in [1.54, 1.807) is 17.0 Å². The van der Waals surface area contributed by atoms with Crippen molar-refractivity contribution < 1.29 is 4.74 Å². The molecule has 0 spiro atoms. The molecule has 0 aliphatic carbocycles. The number of hydrogen-bond acceptors (Lipinski definition) is 4. The maximum Gasteiger partial charge on any atom is 0.313 e. The quantitative estimate of drug-likeness (QED) is 0.835. The Morgan fingerprint density at radius 1 is 1.65 bits per heavy atom. The molecule has 0 saturated carbocycles. The van der Waals surface area contributed by atoms with Crippen LogP contribution in [0.1, 0.15) is 19.8 Å². The summed E-state index contributed by atoms with van der Waals surface area (Å²) in [6, 6.07) is 0. The van der Waals surface area contributed by atoms with Gasteiger partial charge in [-0.3, -0.25) is 4.79 Å². The van der Waals surface area contributed by atoms with Gasteiger partial charge in [-0.2, -0.15) is 0 Å². The fourth-order valence-electron chi connectivity index (χ4n) is 2.04. The number of rotatable bonds is 4. The van der Waals surface area contributed by atoms with Gasteiger partial charge in [0.1, 0.15) is 0 Å². The van der Waals surface area contributed by atoms with E-state index >= 15 is 0 Å². The van der Waals surface area contributed by atoms with E-state index in [1.807, 2.05) is 6.92 Å². The Morgan fingerprint density at radius 3 is 3.24 bits per heavy atom. The molecule has 94 valence electrons. The summed E-state index contributed by atoms with van der Waals surface area (Å²) in [7, 11) is 0. The van der Waals surface area contributed by atoms with Crippen molar-refractivity contribution in [2.24, 2.45) is 5.92 Å². The highest BCUT2D eigenvalue weighted by molar-refractivity contribution is 5.04. The minimum atomic E-state index is -0.140. The van der Waals surface area contributed by atoms with E-state index in [2.05, 4.69) is 10.3 Å². The fraction of sp³-hybridized carbons (Fsp3) is 0.667. The van der Waals surface area contributed by atoms with Gasteiger partial charge in [0.2, 0.25) is 0 Å². The predicted molar refractivity (Wildman–Crippen MR) is 65.3 cm³/mol. The molecule has 2 rings (SSSR count). The van der Waals surface area contributed by atoms with Gasteiger partial charge in [-0.05, 0) is 26.3 Å². The lowest BCUT2D eigenvalue weighted by molar-refractivity contribution is 0.208. The van der Waals surface area contributed by atoms with Crippen LogP contribution in [-0.4, -0.2) is 29.2 Å². The molecule has 5 heteroatoms. The van der Waals surface area contributed by atoms with Crippen molar-refractivity contribution in [1.29, 1.82) is 0 Å². The number of aryl methyl sites for hydroxylation is 1. The minimum absolute atomic E-state index is 0.140. The van der Waals surface area contributed by atoms with E-state index in [4.69, 9.17) is 4.74 Å². The lowest BCUT2D eigenvalue weighted by Crippen LogP contribution is -2.34. The molecule has 1 aromatic rings. The lowest BCUT2D eigenvalue weighted by Gasteiger charge is -2.22. The van der Waals surface area contributed by atoms with Crippen LogP contribution in [0.4, 0.5) is 0 Å². The molecule has 0 radical (unpaired) electrons. The lowest BCUT2D eigenvalue weighted by atomic mass is 10.0. The molecule has 5 nitrogen and oxygen atoms in total. The molecule has 0 bridgehead atoms. The van der Waals surface area contributed by atoms with E-state index in [1.165, 1.54) is 6.42 Å². The molecule has 1 unspecified atom stereocenters. The van der Waals surface area contributed by atoms with Crippen LogP contribution in [0, 0.1) is 5.92 Å². The van der Waals surface area contributed by atoms with Crippen LogP contribution >= 0.6 is 0 Å². The molecular formula is C12H19N3O2. The van der Waals surface area contributed by atoms with Gasteiger partial charge in [-0.1, -0.05) is 0 Å². The zero-order chi connectivity index (χ0) is 12.1. The molecule has 17 heavy (non-hydrogen) atoms. The molecule has 1 saturated heterocycles. The van der Waals surface area contributed by atoms with Crippen LogP contribution in [-0.2, 0) is 6.54 Å². The highest BCUT2D eigenvalue weighted by Gasteiger charge is 2.15. The second kappa shape index (κ2) is 5.82. The Bertz CT molecular complexity index is 410. The van der Waals surface area contributed by atoms with Crippen molar-refractivity contribution >= 4 is 0 Å². The van der Waals surface area contributed by atoms with Gasteiger partial charge in [0.25, 0.3) is 5.88 Å². The Kier molecular flexibility index (Phi) is 4.14. The summed E-state index contributed by atoms with van der Waals surface area (Å²) in [5.74, 6) is 0.708. The van der Waals surface area contributed by atoms with E-state index in [-0.39, 0.29) is 11.4 Å². The third-order valence-corrected chi connectivity index (χ3v) is 3.08. The number of piperidine rings is 1. The van der Waals surface area contributed by atoms with Crippen LogP contribution < -0.4 is 15.6 Å². The average Bonchev–Trinajstić information content (AvgIpc) is 2.39. The van der Waals surface area contributed by atoms with Gasteiger partial charge in [0, 0.05) is 31.4 Å². The van der Waals surface area contributed by atoms with Gasteiger partial charge >= 0.3 is 5.56 Å². The number of hydrogen-bond donors (Lipinski definition) is 1. The first-order valence-electron chi connectivity index (χ1n) is 6.20. The predicted octanol–water partition coefficient (Wildman–Crippen LogP) is 0.642. The summed E-state index contributed by atoms with van der Waals surface area (Å²) in [5.41, 5.74) is -0.140. The van der Waals surface area contributed by atoms with Crippen molar-refractivity contribution in [3.63, 3.8) is 0 Å². The standard InChI is InChI=1S/C12H19N3O2/c1-2-15-7-6-14-11(12(15)16)17-9-10-4-3-5-13-8-10/h6-7,10,13H,2-5,8-9H2,1H3. The third-order valence-electron chi connectivity index (χ3n) is 3.08. The monoisotopic (exact) mass is 237 g/mol. The van der Waals surface area contributed by atoms with Crippen molar-refractivity contribution in [2.45, 2.75) is 26.3 Å². The summed E-state index contributed by atoms with van der Waals surface area (Å²) >= 11 is 0.